The molecule has 0 saturated carbocycles. The molecular formula is C62H74ClFN12O12S3. The topological polar surface area (TPSA) is 307 Å². The summed E-state index contributed by atoms with van der Waals surface area (Å²) in [4.78, 5) is 37.8. The molecule has 3 aliphatic heterocycles. The lowest BCUT2D eigenvalue weighted by Crippen LogP contribution is -2.36. The van der Waals surface area contributed by atoms with E-state index < -0.39 is 48.2 Å². The number of carbonyl (C=O) groups is 3. The lowest BCUT2D eigenvalue weighted by Gasteiger charge is -2.30. The van der Waals surface area contributed by atoms with Crippen molar-refractivity contribution in [2.45, 2.75) is 191 Å². The molecule has 6 aromatic rings. The van der Waals surface area contributed by atoms with Gasteiger partial charge in [0.25, 0.3) is 30.1 Å². The van der Waals surface area contributed by atoms with E-state index in [-0.39, 0.29) is 49.0 Å². The molecule has 0 fully saturated rings. The first-order valence-corrected chi connectivity index (χ1v) is 36.0. The van der Waals surface area contributed by atoms with Crippen molar-refractivity contribution in [1.82, 2.24) is 43.5 Å². The number of nitrogens with zero attached hydrogens (tertiary/aromatic N) is 6. The van der Waals surface area contributed by atoms with Crippen LogP contribution in [0.25, 0.3) is 0 Å². The second-order valence-electron chi connectivity index (χ2n) is 26.5. The molecule has 24 nitrogen and oxygen atoms in total. The zero-order valence-electron chi connectivity index (χ0n) is 51.5. The lowest BCUT2D eigenvalue weighted by atomic mass is 9.93. The fourth-order valence-corrected chi connectivity index (χ4v) is 18.0. The van der Waals surface area contributed by atoms with Gasteiger partial charge >= 0.3 is 18.1 Å². The van der Waals surface area contributed by atoms with E-state index in [4.69, 9.17) is 25.8 Å². The van der Waals surface area contributed by atoms with Crippen LogP contribution in [-0.4, -0.2) is 92.5 Å². The Bertz CT molecular complexity index is 4110. The van der Waals surface area contributed by atoms with Gasteiger partial charge in [-0.05, 0) is 195 Å². The fourth-order valence-electron chi connectivity index (χ4n) is 14.7. The molecule has 0 radical (unpaired) electrons. The number of rotatable bonds is 9. The van der Waals surface area contributed by atoms with Gasteiger partial charge in [0.05, 0.1) is 51.5 Å². The van der Waals surface area contributed by atoms with E-state index in [0.717, 1.165) is 146 Å². The summed E-state index contributed by atoms with van der Waals surface area (Å²) >= 11 is 6.60. The molecule has 6 heterocycles. The molecule has 0 spiro atoms. The fraction of sp³-hybridized carbons (Fsp3) is 0.516. The van der Waals surface area contributed by atoms with Crippen LogP contribution in [0.2, 0.25) is 5.02 Å². The predicted octanol–water partition coefficient (Wildman–Crippen LogP) is 8.83. The smallest absolute Gasteiger partial charge is 0.333 e. The quantitative estimate of drug-likeness (QED) is 0.0788. The number of benzene rings is 3. The van der Waals surface area contributed by atoms with Gasteiger partial charge in [0, 0.05) is 45.9 Å². The van der Waals surface area contributed by atoms with Gasteiger partial charge in [-0.2, -0.15) is 15.3 Å². The summed E-state index contributed by atoms with van der Waals surface area (Å²) in [5, 5.41) is 21.6. The van der Waals surface area contributed by atoms with Gasteiger partial charge in [-0.3, -0.25) is 0 Å². The number of halogens is 2. The Labute approximate surface area is 532 Å². The number of hydrogen-bond acceptors (Lipinski definition) is 15. The van der Waals surface area contributed by atoms with Crippen LogP contribution in [0.1, 0.15) is 145 Å². The van der Waals surface area contributed by atoms with Crippen LogP contribution in [0, 0.1) is 23.6 Å². The standard InChI is InChI=1S/C22H28N4O4S.C21H25FN4O4S.C19H21ClN4O4S/c1-13-14-6-4-8-16(14)19(17-9-5-7-15(13)17)24-21(27)25-31(28,29)18-10-23-26-11-22(2,3)12-30-20(18)26;1-21(2)10-26-19(30-11-21)16(9-23-26)31(28,29)25-20(27)24-18-14-7-3-5-12(14)17(22)13-6-4-8-15(13)18;20-16-11-4-1-6-13(11)17(14-7-2-5-12(14)16)22-19(25)23-29(26,27)15-10-21-24-8-3-9-28-18(15)24/h10H,4-9,11-12H2,1-3H3,(H2,24,25,27);9H,3-8,10-11H2,1-2H3,(H2,24,25,27);10H,1-9H2,(H2,22,23,25). The molecule has 91 heavy (non-hydrogen) atoms. The van der Waals surface area contributed by atoms with Crippen molar-refractivity contribution in [2.24, 2.45) is 10.8 Å². The van der Waals surface area contributed by atoms with Crippen molar-refractivity contribution < 1.29 is 58.2 Å². The van der Waals surface area contributed by atoms with Crippen molar-refractivity contribution in [3.63, 3.8) is 0 Å². The summed E-state index contributed by atoms with van der Waals surface area (Å²) in [5.41, 5.74) is 15.3. The van der Waals surface area contributed by atoms with Crippen LogP contribution >= 0.6 is 11.6 Å². The molecule has 486 valence electrons. The minimum Gasteiger partial charge on any atom is -0.477 e. The number of sulfonamides is 3. The Balaban J connectivity index is 0.000000125. The highest BCUT2D eigenvalue weighted by Gasteiger charge is 2.39. The highest BCUT2D eigenvalue weighted by atomic mass is 35.5. The second kappa shape index (κ2) is 23.6. The summed E-state index contributed by atoms with van der Waals surface area (Å²) in [7, 11) is -12.4. The van der Waals surface area contributed by atoms with Gasteiger partial charge in [0.1, 0.15) is 5.82 Å². The molecule has 3 aromatic heterocycles. The number of carbonyl (C=O) groups excluding carboxylic acids is 3. The first kappa shape index (κ1) is 62.4. The maximum absolute atomic E-state index is 14.8. The number of amides is 6. The van der Waals surface area contributed by atoms with Crippen molar-refractivity contribution in [3.05, 3.63) is 102 Å². The highest BCUT2D eigenvalue weighted by Crippen LogP contribution is 2.46. The van der Waals surface area contributed by atoms with Crippen LogP contribution in [0.15, 0.2) is 33.3 Å². The minimum absolute atomic E-state index is 0.113. The number of ether oxygens (including phenoxy) is 3. The van der Waals surface area contributed by atoms with Crippen LogP contribution < -0.4 is 44.3 Å². The molecule has 0 atom stereocenters. The summed E-state index contributed by atoms with van der Waals surface area (Å²) in [6.07, 6.45) is 20.0. The van der Waals surface area contributed by atoms with Crippen molar-refractivity contribution in [2.75, 3.05) is 35.8 Å². The summed E-state index contributed by atoms with van der Waals surface area (Å²) < 4.78 is 120. The monoisotopic (exact) mass is 1330 g/mol. The average molecular weight is 1330 g/mol. The molecule has 0 bridgehead atoms. The molecule has 0 saturated heterocycles. The SMILES string of the molecule is CC1(C)COc2c(S(=O)(=O)NC(=O)Nc3c4c(c(F)c5c3CCC5)CCC4)cnn2C1.Cc1c2c(c(NC(=O)NS(=O)(=O)c3cnn4c3OCC(C)(C)C4)c3c1CCC3)CCC2.O=C(Nc1c2c(c(Cl)c3c1CCC3)CCC2)NS(=O)(=O)c1cnn2c1OCCC2. The lowest BCUT2D eigenvalue weighted by molar-refractivity contribution is 0.0970. The highest BCUT2D eigenvalue weighted by molar-refractivity contribution is 7.90. The van der Waals surface area contributed by atoms with Crippen molar-refractivity contribution in [1.29, 1.82) is 0 Å². The number of anilines is 3. The molecular weight excluding hydrogens is 1260 g/mol. The zero-order valence-corrected chi connectivity index (χ0v) is 54.7. The zero-order chi connectivity index (χ0) is 64.1. The van der Waals surface area contributed by atoms with Crippen molar-refractivity contribution in [3.8, 4) is 17.6 Å². The molecule has 29 heteroatoms. The molecule has 6 amide bonds. The van der Waals surface area contributed by atoms with Crippen LogP contribution in [0.5, 0.6) is 17.6 Å². The molecule has 0 unspecified atom stereocenters. The molecule has 15 rings (SSSR count). The first-order chi connectivity index (χ1) is 43.3. The number of nitrogens with one attached hydrogen (secondary N) is 6. The maximum atomic E-state index is 14.8. The van der Waals surface area contributed by atoms with E-state index in [9.17, 15) is 44.0 Å². The van der Waals surface area contributed by atoms with Crippen LogP contribution in [0.3, 0.4) is 0 Å². The van der Waals surface area contributed by atoms with Crippen molar-refractivity contribution >= 4 is 76.8 Å². The third-order valence-electron chi connectivity index (χ3n) is 18.7. The largest absolute Gasteiger partial charge is 0.477 e. The first-order valence-electron chi connectivity index (χ1n) is 31.2. The van der Waals surface area contributed by atoms with Gasteiger partial charge in [0.2, 0.25) is 17.6 Å². The second-order valence-corrected chi connectivity index (χ2v) is 31.8. The van der Waals surface area contributed by atoms with Gasteiger partial charge in [-0.15, -0.1) is 0 Å². The third-order valence-corrected chi connectivity index (χ3v) is 23.1. The van der Waals surface area contributed by atoms with E-state index in [1.165, 1.54) is 60.5 Å². The molecule has 6 aliphatic carbocycles. The molecule has 6 N–H and O–H groups in total. The molecule has 3 aromatic carbocycles. The van der Waals surface area contributed by atoms with Gasteiger partial charge in [0.15, 0.2) is 14.7 Å². The summed E-state index contributed by atoms with van der Waals surface area (Å²) in [6.45, 7) is 13.0. The van der Waals surface area contributed by atoms with Gasteiger partial charge < -0.3 is 30.2 Å². The maximum Gasteiger partial charge on any atom is 0.333 e. The Hall–Kier alpha value is -7.43. The number of hydrogen-bond donors (Lipinski definition) is 6. The van der Waals surface area contributed by atoms with E-state index in [1.807, 2.05) is 27.7 Å². The molecule has 9 aliphatic rings. The van der Waals surface area contributed by atoms with Gasteiger partial charge in [-0.25, -0.2) is 72.2 Å². The Morgan fingerprint density at radius 3 is 1.15 bits per heavy atom. The number of urea groups is 3. The summed E-state index contributed by atoms with van der Waals surface area (Å²) in [5.74, 6) is 0.329. The minimum atomic E-state index is -4.20. The third kappa shape index (κ3) is 11.8. The van der Waals surface area contributed by atoms with Crippen LogP contribution in [0.4, 0.5) is 35.8 Å². The van der Waals surface area contributed by atoms with Crippen LogP contribution in [-0.2, 0) is 127 Å². The number of fused-ring (bicyclic) bond motifs is 9. The number of aryl methyl sites for hydroxylation is 1. The van der Waals surface area contributed by atoms with E-state index in [0.29, 0.717) is 82.0 Å². The summed E-state index contributed by atoms with van der Waals surface area (Å²) in [6, 6.07) is -2.40. The predicted molar refractivity (Wildman–Crippen MR) is 335 cm³/mol. The van der Waals surface area contributed by atoms with E-state index in [1.54, 1.807) is 0 Å². The Morgan fingerprint density at radius 1 is 0.462 bits per heavy atom. The van der Waals surface area contributed by atoms with E-state index >= 15 is 0 Å². The van der Waals surface area contributed by atoms with Gasteiger partial charge in [-0.1, -0.05) is 39.3 Å². The Kier molecular flexibility index (Phi) is 16.2. The average Bonchev–Trinajstić information content (AvgIpc) is 1.72. The normalized spacial score (nSPS) is 18.2. The Morgan fingerprint density at radius 2 is 0.769 bits per heavy atom. The van der Waals surface area contributed by atoms with E-state index in [2.05, 4.69) is 52.3 Å². The number of aromatic nitrogens is 6.